The van der Waals surface area contributed by atoms with Gasteiger partial charge in [-0.15, -0.1) is 0 Å². The molecule has 0 aromatic heterocycles. The molecule has 0 fully saturated rings. The molecule has 3 nitrogen and oxygen atoms in total. The Hall–Kier alpha value is -3.72. The first-order valence-electron chi connectivity index (χ1n) is 12.5. The summed E-state index contributed by atoms with van der Waals surface area (Å²) in [6.45, 7) is 1.23. The van der Waals surface area contributed by atoms with Crippen LogP contribution in [-0.4, -0.2) is 12.7 Å². The number of para-hydroxylation sites is 1. The molecule has 1 aliphatic heterocycles. The third kappa shape index (κ3) is 6.45. The Morgan fingerprint density at radius 1 is 0.714 bits per heavy atom. The van der Waals surface area contributed by atoms with Crippen molar-refractivity contribution in [1.29, 1.82) is 0 Å². The fraction of sp³-hybridized carbons (Fsp3) is 0.250. The largest absolute Gasteiger partial charge is 0.494 e. The molecule has 0 saturated carbocycles. The van der Waals surface area contributed by atoms with E-state index in [1.165, 1.54) is 22.3 Å². The summed E-state index contributed by atoms with van der Waals surface area (Å²) in [6.07, 6.45) is 4.97. The molecule has 0 amide bonds. The first kappa shape index (κ1) is 23.0. The second-order valence-electron chi connectivity index (χ2n) is 9.08. The molecule has 0 saturated heterocycles. The predicted molar refractivity (Wildman–Crippen MR) is 140 cm³/mol. The number of fused-ring (bicyclic) bond motifs is 1. The zero-order valence-electron chi connectivity index (χ0n) is 20.1. The molecule has 35 heavy (non-hydrogen) atoms. The van der Waals surface area contributed by atoms with E-state index in [1.54, 1.807) is 0 Å². The zero-order chi connectivity index (χ0) is 23.7. The van der Waals surface area contributed by atoms with Gasteiger partial charge < -0.3 is 14.2 Å². The van der Waals surface area contributed by atoms with Crippen LogP contribution in [0.15, 0.2) is 103 Å². The van der Waals surface area contributed by atoms with Crippen molar-refractivity contribution in [2.24, 2.45) is 0 Å². The van der Waals surface area contributed by atoms with Crippen molar-refractivity contribution in [2.75, 3.05) is 6.61 Å². The van der Waals surface area contributed by atoms with Crippen molar-refractivity contribution < 1.29 is 14.2 Å². The minimum absolute atomic E-state index is 0.212. The van der Waals surface area contributed by atoms with Gasteiger partial charge in [0.2, 0.25) is 0 Å². The van der Waals surface area contributed by atoms with Crippen LogP contribution in [0.3, 0.4) is 0 Å². The molecular formula is C32H32O3. The van der Waals surface area contributed by atoms with Crippen molar-refractivity contribution in [1.82, 2.24) is 0 Å². The lowest BCUT2D eigenvalue weighted by Gasteiger charge is -2.14. The zero-order valence-corrected chi connectivity index (χ0v) is 20.1. The van der Waals surface area contributed by atoms with Gasteiger partial charge in [-0.25, -0.2) is 0 Å². The summed E-state index contributed by atoms with van der Waals surface area (Å²) in [6, 6.07) is 35.4. The van der Waals surface area contributed by atoms with Gasteiger partial charge in [-0.05, 0) is 66.6 Å². The normalized spacial score (nSPS) is 14.2. The topological polar surface area (TPSA) is 27.7 Å². The quantitative estimate of drug-likeness (QED) is 0.219. The maximum atomic E-state index is 6.38. The van der Waals surface area contributed by atoms with Crippen LogP contribution in [0.1, 0.15) is 35.1 Å². The monoisotopic (exact) mass is 464 g/mol. The lowest BCUT2D eigenvalue weighted by molar-refractivity contribution is 0.221. The molecule has 0 aliphatic carbocycles. The lowest BCUT2D eigenvalue weighted by atomic mass is 10.0. The van der Waals surface area contributed by atoms with Crippen LogP contribution in [0.2, 0.25) is 0 Å². The number of benzene rings is 4. The molecule has 1 atom stereocenters. The summed E-state index contributed by atoms with van der Waals surface area (Å²) in [5.74, 6) is 2.88. The smallest absolute Gasteiger partial charge is 0.123 e. The van der Waals surface area contributed by atoms with Crippen LogP contribution in [-0.2, 0) is 25.9 Å². The third-order valence-corrected chi connectivity index (χ3v) is 6.42. The van der Waals surface area contributed by atoms with Crippen molar-refractivity contribution in [3.8, 4) is 17.2 Å². The van der Waals surface area contributed by atoms with Gasteiger partial charge in [0, 0.05) is 12.0 Å². The highest BCUT2D eigenvalue weighted by Crippen LogP contribution is 2.37. The average Bonchev–Trinajstić information content (AvgIpc) is 3.32. The molecule has 3 heteroatoms. The Labute approximate surface area is 208 Å². The van der Waals surface area contributed by atoms with E-state index in [1.807, 2.05) is 48.5 Å². The molecule has 1 unspecified atom stereocenters. The van der Waals surface area contributed by atoms with Crippen LogP contribution in [0.25, 0.3) is 0 Å². The van der Waals surface area contributed by atoms with Gasteiger partial charge in [-0.2, -0.15) is 0 Å². The fourth-order valence-electron chi connectivity index (χ4n) is 4.55. The van der Waals surface area contributed by atoms with Crippen molar-refractivity contribution >= 4 is 0 Å². The Morgan fingerprint density at radius 2 is 1.40 bits per heavy atom. The van der Waals surface area contributed by atoms with Crippen molar-refractivity contribution in [3.63, 3.8) is 0 Å². The Balaban J connectivity index is 1.24. The van der Waals surface area contributed by atoms with E-state index >= 15 is 0 Å². The Bertz CT molecular complexity index is 1190. The molecule has 0 N–H and O–H groups in total. The van der Waals surface area contributed by atoms with Crippen LogP contribution in [0.5, 0.6) is 17.2 Å². The fourth-order valence-corrected chi connectivity index (χ4v) is 4.55. The summed E-state index contributed by atoms with van der Waals surface area (Å²) in [5.41, 5.74) is 4.96. The highest BCUT2D eigenvalue weighted by Gasteiger charge is 2.25. The Morgan fingerprint density at radius 3 is 2.14 bits per heavy atom. The van der Waals surface area contributed by atoms with Crippen LogP contribution < -0.4 is 14.2 Å². The van der Waals surface area contributed by atoms with Gasteiger partial charge in [-0.3, -0.25) is 0 Å². The third-order valence-electron chi connectivity index (χ3n) is 6.42. The van der Waals surface area contributed by atoms with E-state index in [0.29, 0.717) is 13.2 Å². The van der Waals surface area contributed by atoms with Gasteiger partial charge in [0.15, 0.2) is 0 Å². The Kier molecular flexibility index (Phi) is 7.65. The second kappa shape index (κ2) is 11.6. The lowest BCUT2D eigenvalue weighted by Crippen LogP contribution is -2.13. The summed E-state index contributed by atoms with van der Waals surface area (Å²) in [5, 5.41) is 0. The number of ether oxygens (including phenoxy) is 3. The predicted octanol–water partition coefficient (Wildman–Crippen LogP) is 7.21. The number of rotatable bonds is 11. The van der Waals surface area contributed by atoms with E-state index in [2.05, 4.69) is 54.6 Å². The van der Waals surface area contributed by atoms with Crippen LogP contribution >= 0.6 is 0 Å². The van der Waals surface area contributed by atoms with Gasteiger partial charge in [-0.1, -0.05) is 78.9 Å². The van der Waals surface area contributed by atoms with E-state index in [0.717, 1.165) is 49.4 Å². The summed E-state index contributed by atoms with van der Waals surface area (Å²) < 4.78 is 18.6. The van der Waals surface area contributed by atoms with Crippen LogP contribution in [0.4, 0.5) is 0 Å². The molecule has 0 radical (unpaired) electrons. The highest BCUT2D eigenvalue weighted by atomic mass is 16.5. The molecule has 4 aromatic carbocycles. The first-order chi connectivity index (χ1) is 17.3. The van der Waals surface area contributed by atoms with E-state index < -0.39 is 0 Å². The molecule has 1 aliphatic rings. The highest BCUT2D eigenvalue weighted by molar-refractivity contribution is 5.49. The van der Waals surface area contributed by atoms with Gasteiger partial charge in [0.1, 0.15) is 30.0 Å². The summed E-state index contributed by atoms with van der Waals surface area (Å²) in [4.78, 5) is 0. The number of aryl methyl sites for hydroxylation is 2. The van der Waals surface area contributed by atoms with Gasteiger partial charge in [0.05, 0.1) is 6.61 Å². The molecule has 1 heterocycles. The molecule has 5 rings (SSSR count). The second-order valence-corrected chi connectivity index (χ2v) is 9.08. The summed E-state index contributed by atoms with van der Waals surface area (Å²) >= 11 is 0. The van der Waals surface area contributed by atoms with Crippen LogP contribution in [0, 0.1) is 0 Å². The minimum Gasteiger partial charge on any atom is -0.494 e. The minimum atomic E-state index is 0.212. The van der Waals surface area contributed by atoms with E-state index in [9.17, 15) is 0 Å². The maximum Gasteiger partial charge on any atom is 0.123 e. The summed E-state index contributed by atoms with van der Waals surface area (Å²) in [7, 11) is 0. The number of hydrogen-bond donors (Lipinski definition) is 0. The van der Waals surface area contributed by atoms with Crippen molar-refractivity contribution in [3.05, 3.63) is 125 Å². The van der Waals surface area contributed by atoms with Crippen molar-refractivity contribution in [2.45, 2.75) is 44.8 Å². The van der Waals surface area contributed by atoms with Gasteiger partial charge in [0.25, 0.3) is 0 Å². The molecule has 0 spiro atoms. The SMILES string of the molecule is c1ccc(CCC2Cc3cc(OCc4ccccc4)c(CCCOc4ccccc4)cc3O2)cc1. The molecule has 4 aromatic rings. The van der Waals surface area contributed by atoms with E-state index in [4.69, 9.17) is 14.2 Å². The van der Waals surface area contributed by atoms with Gasteiger partial charge >= 0.3 is 0 Å². The molecule has 0 bridgehead atoms. The standard InChI is InChI=1S/C32H32O3/c1-4-11-25(12-5-1)18-19-30-21-28-23-31(34-24-26-13-6-2-7-14-26)27(22-32(28)35-30)15-10-20-33-29-16-8-3-9-17-29/h1-9,11-14,16-17,22-23,30H,10,15,18-21,24H2. The number of hydrogen-bond acceptors (Lipinski definition) is 3. The first-order valence-corrected chi connectivity index (χ1v) is 12.5. The molecular weight excluding hydrogens is 432 g/mol. The molecule has 178 valence electrons. The van der Waals surface area contributed by atoms with E-state index in [-0.39, 0.29) is 6.10 Å². The average molecular weight is 465 g/mol. The maximum absolute atomic E-state index is 6.38.